The van der Waals surface area contributed by atoms with Crippen LogP contribution < -0.4 is 5.73 Å². The molecule has 53 valence electrons. The van der Waals surface area contributed by atoms with Crippen LogP contribution in [0.15, 0.2) is 0 Å². The summed E-state index contributed by atoms with van der Waals surface area (Å²) in [6.45, 7) is 0. The fourth-order valence-electron chi connectivity index (χ4n) is 0.787. The van der Waals surface area contributed by atoms with Crippen molar-refractivity contribution >= 4 is 9.84 Å². The standard InChI is InChI=1S/C5H10NO2S/c6-5-1-3-9(7,8)4-2-5/h1,5H,2-4,6H2. The van der Waals surface area contributed by atoms with Crippen LogP contribution in [0.4, 0.5) is 0 Å². The molecule has 4 heteroatoms. The van der Waals surface area contributed by atoms with E-state index >= 15 is 0 Å². The van der Waals surface area contributed by atoms with Gasteiger partial charge in [-0.1, -0.05) is 0 Å². The van der Waals surface area contributed by atoms with Gasteiger partial charge >= 0.3 is 0 Å². The van der Waals surface area contributed by atoms with Crippen LogP contribution in [0, 0.1) is 6.42 Å². The molecule has 0 amide bonds. The van der Waals surface area contributed by atoms with E-state index in [-0.39, 0.29) is 17.5 Å². The number of nitrogens with two attached hydrogens (primary N) is 1. The molecule has 1 rings (SSSR count). The van der Waals surface area contributed by atoms with Crippen molar-refractivity contribution in [2.45, 2.75) is 12.5 Å². The maximum atomic E-state index is 10.7. The second kappa shape index (κ2) is 2.27. The Morgan fingerprint density at radius 3 is 2.56 bits per heavy atom. The normalized spacial score (nSPS) is 28.1. The maximum absolute atomic E-state index is 10.7. The molecule has 0 saturated carbocycles. The minimum atomic E-state index is -2.75. The molecule has 2 N–H and O–H groups in total. The molecule has 1 aliphatic rings. The number of sulfone groups is 1. The van der Waals surface area contributed by atoms with E-state index in [2.05, 4.69) is 0 Å². The summed E-state index contributed by atoms with van der Waals surface area (Å²) in [6.07, 6.45) is 2.24. The Kier molecular flexibility index (Phi) is 1.77. The zero-order valence-corrected chi connectivity index (χ0v) is 5.89. The monoisotopic (exact) mass is 148 g/mol. The summed E-state index contributed by atoms with van der Waals surface area (Å²) >= 11 is 0. The molecule has 0 aromatic rings. The van der Waals surface area contributed by atoms with Gasteiger partial charge in [0.15, 0.2) is 9.84 Å². The van der Waals surface area contributed by atoms with E-state index in [0.717, 1.165) is 0 Å². The Balaban J connectivity index is 2.55. The highest BCUT2D eigenvalue weighted by Crippen LogP contribution is 2.08. The smallest absolute Gasteiger partial charge is 0.150 e. The van der Waals surface area contributed by atoms with Gasteiger partial charge in [0.05, 0.1) is 11.5 Å². The second-order valence-electron chi connectivity index (χ2n) is 2.30. The van der Waals surface area contributed by atoms with Crippen molar-refractivity contribution in [2.75, 3.05) is 11.5 Å². The molecule has 1 saturated heterocycles. The molecular weight excluding hydrogens is 138 g/mol. The lowest BCUT2D eigenvalue weighted by molar-refractivity contribution is 0.578. The van der Waals surface area contributed by atoms with Gasteiger partial charge in [0.2, 0.25) is 0 Å². The van der Waals surface area contributed by atoms with Crippen LogP contribution in [-0.4, -0.2) is 26.0 Å². The summed E-state index contributed by atoms with van der Waals surface area (Å²) in [4.78, 5) is 0. The first kappa shape index (κ1) is 7.02. The minimum absolute atomic E-state index is 0.00600. The third-order valence-electron chi connectivity index (χ3n) is 1.42. The predicted octanol–water partition coefficient (Wildman–Crippen LogP) is -0.664. The lowest BCUT2D eigenvalue weighted by Gasteiger charge is -2.16. The van der Waals surface area contributed by atoms with Crippen LogP contribution in [0.5, 0.6) is 0 Å². The third kappa shape index (κ3) is 1.95. The zero-order chi connectivity index (χ0) is 6.91. The van der Waals surface area contributed by atoms with E-state index in [0.29, 0.717) is 6.42 Å². The minimum Gasteiger partial charge on any atom is -0.327 e. The van der Waals surface area contributed by atoms with Gasteiger partial charge in [0, 0.05) is 6.04 Å². The van der Waals surface area contributed by atoms with E-state index in [4.69, 9.17) is 5.73 Å². The highest BCUT2D eigenvalue weighted by Gasteiger charge is 2.20. The lowest BCUT2D eigenvalue weighted by Crippen LogP contribution is -2.33. The molecule has 9 heavy (non-hydrogen) atoms. The van der Waals surface area contributed by atoms with Crippen LogP contribution in [0.1, 0.15) is 6.42 Å². The molecule has 1 atom stereocenters. The van der Waals surface area contributed by atoms with Crippen LogP contribution in [0.25, 0.3) is 0 Å². The molecule has 0 aliphatic carbocycles. The van der Waals surface area contributed by atoms with Crippen LogP contribution in [-0.2, 0) is 9.84 Å². The van der Waals surface area contributed by atoms with Gasteiger partial charge < -0.3 is 5.73 Å². The zero-order valence-electron chi connectivity index (χ0n) is 5.08. The fourth-order valence-corrected chi connectivity index (χ4v) is 2.13. The van der Waals surface area contributed by atoms with Gasteiger partial charge in [-0.25, -0.2) is 8.42 Å². The average Bonchev–Trinajstić information content (AvgIpc) is 1.78. The summed E-state index contributed by atoms with van der Waals surface area (Å²) in [5.74, 6) is 0.416. The Labute approximate surface area is 55.2 Å². The van der Waals surface area contributed by atoms with Gasteiger partial charge in [-0.3, -0.25) is 0 Å². The molecular formula is C5H10NO2S. The first-order valence-corrected chi connectivity index (χ1v) is 4.72. The summed E-state index contributed by atoms with van der Waals surface area (Å²) in [5, 5.41) is 0. The summed E-state index contributed by atoms with van der Waals surface area (Å²) in [6, 6.07) is -0.00600. The molecule has 0 aromatic heterocycles. The van der Waals surface area contributed by atoms with E-state index < -0.39 is 9.84 Å². The SMILES string of the molecule is NC1[CH]CS(=O)(=O)CC1. The molecule has 1 radical (unpaired) electrons. The Morgan fingerprint density at radius 1 is 1.56 bits per heavy atom. The summed E-state index contributed by atoms with van der Waals surface area (Å²) < 4.78 is 21.4. The van der Waals surface area contributed by atoms with Crippen LogP contribution >= 0.6 is 0 Å². The quantitative estimate of drug-likeness (QED) is 0.496. The van der Waals surface area contributed by atoms with Crippen molar-refractivity contribution in [1.29, 1.82) is 0 Å². The predicted molar refractivity (Wildman–Crippen MR) is 35.5 cm³/mol. The maximum Gasteiger partial charge on any atom is 0.150 e. The van der Waals surface area contributed by atoms with Crippen molar-refractivity contribution in [2.24, 2.45) is 5.73 Å². The number of rotatable bonds is 0. The van der Waals surface area contributed by atoms with Crippen molar-refractivity contribution in [3.63, 3.8) is 0 Å². The van der Waals surface area contributed by atoms with Gasteiger partial charge in [-0.2, -0.15) is 0 Å². The summed E-state index contributed by atoms with van der Waals surface area (Å²) in [5.41, 5.74) is 5.44. The van der Waals surface area contributed by atoms with E-state index in [1.165, 1.54) is 0 Å². The van der Waals surface area contributed by atoms with Crippen molar-refractivity contribution in [3.05, 3.63) is 6.42 Å². The van der Waals surface area contributed by atoms with Crippen LogP contribution in [0.2, 0.25) is 0 Å². The van der Waals surface area contributed by atoms with Crippen molar-refractivity contribution in [3.8, 4) is 0 Å². The topological polar surface area (TPSA) is 60.2 Å². The van der Waals surface area contributed by atoms with Gasteiger partial charge in [-0.15, -0.1) is 0 Å². The fraction of sp³-hybridized carbons (Fsp3) is 0.800. The van der Waals surface area contributed by atoms with E-state index in [1.807, 2.05) is 0 Å². The average molecular weight is 148 g/mol. The largest absolute Gasteiger partial charge is 0.327 e. The summed E-state index contributed by atoms with van der Waals surface area (Å²) in [7, 11) is -2.75. The molecule has 0 aromatic carbocycles. The molecule has 1 unspecified atom stereocenters. The Bertz CT molecular complexity index is 171. The van der Waals surface area contributed by atoms with Gasteiger partial charge in [0.25, 0.3) is 0 Å². The van der Waals surface area contributed by atoms with Crippen LogP contribution in [0.3, 0.4) is 0 Å². The van der Waals surface area contributed by atoms with E-state index in [1.54, 1.807) is 6.42 Å². The third-order valence-corrected chi connectivity index (χ3v) is 2.97. The number of hydrogen-bond donors (Lipinski definition) is 1. The second-order valence-corrected chi connectivity index (χ2v) is 4.53. The molecule has 0 spiro atoms. The molecule has 3 nitrogen and oxygen atoms in total. The molecule has 0 bridgehead atoms. The Hall–Kier alpha value is -0.0900. The highest BCUT2D eigenvalue weighted by molar-refractivity contribution is 7.91. The Morgan fingerprint density at radius 2 is 2.22 bits per heavy atom. The molecule has 1 heterocycles. The number of hydrogen-bond acceptors (Lipinski definition) is 3. The molecule has 1 fully saturated rings. The van der Waals surface area contributed by atoms with Gasteiger partial charge in [0.1, 0.15) is 0 Å². The first-order valence-electron chi connectivity index (χ1n) is 2.89. The van der Waals surface area contributed by atoms with Gasteiger partial charge in [-0.05, 0) is 12.8 Å². The van der Waals surface area contributed by atoms with E-state index in [9.17, 15) is 8.42 Å². The molecule has 1 aliphatic heterocycles. The van der Waals surface area contributed by atoms with Crippen molar-refractivity contribution in [1.82, 2.24) is 0 Å². The highest BCUT2D eigenvalue weighted by atomic mass is 32.2. The first-order chi connectivity index (χ1) is 4.10. The van der Waals surface area contributed by atoms with Crippen molar-refractivity contribution < 1.29 is 8.42 Å². The lowest BCUT2D eigenvalue weighted by atomic mass is 10.2.